The average Bonchev–Trinajstić information content (AvgIpc) is 2.91. The maximum Gasteiger partial charge on any atom is 0.241 e. The summed E-state index contributed by atoms with van der Waals surface area (Å²) in [4.78, 5) is 6.59. The van der Waals surface area contributed by atoms with Gasteiger partial charge in [-0.3, -0.25) is 4.90 Å². The van der Waals surface area contributed by atoms with Gasteiger partial charge in [-0.25, -0.2) is 4.39 Å². The number of hydrogen-bond donors (Lipinski definition) is 1. The highest BCUT2D eigenvalue weighted by Crippen LogP contribution is 2.19. The summed E-state index contributed by atoms with van der Waals surface area (Å²) in [7, 11) is 0. The first-order valence-electron chi connectivity index (χ1n) is 6.74. The van der Waals surface area contributed by atoms with Gasteiger partial charge in [-0.15, -0.1) is 0 Å². The number of aromatic nitrogens is 2. The molecule has 1 fully saturated rings. The number of benzene rings is 1. The van der Waals surface area contributed by atoms with E-state index in [0.717, 1.165) is 26.2 Å². The second-order valence-electron chi connectivity index (χ2n) is 5.00. The zero-order valence-corrected chi connectivity index (χ0v) is 11.4. The molecule has 0 atom stereocenters. The van der Waals surface area contributed by atoms with Crippen LogP contribution in [0.4, 0.5) is 4.39 Å². The molecule has 0 amide bonds. The minimum Gasteiger partial charge on any atom is -0.338 e. The summed E-state index contributed by atoms with van der Waals surface area (Å²) in [6.07, 6.45) is 0. The maximum absolute atomic E-state index is 13.5. The minimum absolute atomic E-state index is 0.254. The van der Waals surface area contributed by atoms with Crippen molar-refractivity contribution < 1.29 is 8.91 Å². The predicted octanol–water partition coefficient (Wildman–Crippen LogP) is 1.59. The first kappa shape index (κ1) is 13.2. The van der Waals surface area contributed by atoms with Crippen molar-refractivity contribution in [2.75, 3.05) is 26.2 Å². The maximum atomic E-state index is 13.5. The summed E-state index contributed by atoms with van der Waals surface area (Å²) in [6.45, 7) is 6.26. The summed E-state index contributed by atoms with van der Waals surface area (Å²) < 4.78 is 18.8. The Morgan fingerprint density at radius 3 is 2.90 bits per heavy atom. The highest BCUT2D eigenvalue weighted by atomic mass is 19.1. The van der Waals surface area contributed by atoms with Crippen molar-refractivity contribution >= 4 is 0 Å². The average molecular weight is 276 g/mol. The van der Waals surface area contributed by atoms with Gasteiger partial charge in [-0.2, -0.15) is 4.98 Å². The van der Waals surface area contributed by atoms with E-state index < -0.39 is 0 Å². The van der Waals surface area contributed by atoms with E-state index in [9.17, 15) is 4.39 Å². The van der Waals surface area contributed by atoms with Crippen LogP contribution in [0.15, 0.2) is 22.7 Å². The normalized spacial score (nSPS) is 16.5. The lowest BCUT2D eigenvalue weighted by Gasteiger charge is -2.25. The van der Waals surface area contributed by atoms with Crippen molar-refractivity contribution in [3.63, 3.8) is 0 Å². The first-order chi connectivity index (χ1) is 9.72. The molecule has 1 saturated heterocycles. The number of aryl methyl sites for hydroxylation is 1. The third-order valence-electron chi connectivity index (χ3n) is 3.47. The highest BCUT2D eigenvalue weighted by molar-refractivity contribution is 5.54. The lowest BCUT2D eigenvalue weighted by Crippen LogP contribution is -2.42. The Hall–Kier alpha value is -1.79. The van der Waals surface area contributed by atoms with Crippen LogP contribution < -0.4 is 5.32 Å². The van der Waals surface area contributed by atoms with Crippen molar-refractivity contribution in [2.24, 2.45) is 0 Å². The van der Waals surface area contributed by atoms with Crippen molar-refractivity contribution in [1.29, 1.82) is 0 Å². The second kappa shape index (κ2) is 5.68. The van der Waals surface area contributed by atoms with Crippen LogP contribution in [0.3, 0.4) is 0 Å². The molecule has 1 aliphatic rings. The third-order valence-corrected chi connectivity index (χ3v) is 3.47. The molecule has 6 heteroatoms. The van der Waals surface area contributed by atoms with Crippen molar-refractivity contribution in [1.82, 2.24) is 20.4 Å². The minimum atomic E-state index is -0.254. The van der Waals surface area contributed by atoms with Gasteiger partial charge >= 0.3 is 0 Å². The van der Waals surface area contributed by atoms with Gasteiger partial charge in [-0.05, 0) is 18.6 Å². The van der Waals surface area contributed by atoms with E-state index >= 15 is 0 Å². The lowest BCUT2D eigenvalue weighted by molar-refractivity contribution is 0.203. The molecule has 2 aromatic rings. The van der Waals surface area contributed by atoms with Gasteiger partial charge in [-0.1, -0.05) is 17.3 Å². The number of piperazine rings is 1. The molecule has 1 aromatic heterocycles. The van der Waals surface area contributed by atoms with Gasteiger partial charge in [0.15, 0.2) is 0 Å². The van der Waals surface area contributed by atoms with Crippen LogP contribution in [-0.4, -0.2) is 41.2 Å². The summed E-state index contributed by atoms with van der Waals surface area (Å²) in [5, 5.41) is 7.22. The van der Waals surface area contributed by atoms with Crippen molar-refractivity contribution in [3.8, 4) is 11.4 Å². The molecule has 5 nitrogen and oxygen atoms in total. The van der Waals surface area contributed by atoms with Crippen LogP contribution in [0.5, 0.6) is 0 Å². The highest BCUT2D eigenvalue weighted by Gasteiger charge is 2.15. The van der Waals surface area contributed by atoms with Gasteiger partial charge in [0, 0.05) is 31.7 Å². The van der Waals surface area contributed by atoms with E-state index in [-0.39, 0.29) is 5.82 Å². The Morgan fingerprint density at radius 1 is 1.35 bits per heavy atom. The van der Waals surface area contributed by atoms with Crippen molar-refractivity contribution in [2.45, 2.75) is 13.5 Å². The zero-order chi connectivity index (χ0) is 13.9. The van der Waals surface area contributed by atoms with Gasteiger partial charge < -0.3 is 9.84 Å². The third kappa shape index (κ3) is 2.86. The smallest absolute Gasteiger partial charge is 0.241 e. The van der Waals surface area contributed by atoms with Gasteiger partial charge in [0.1, 0.15) is 5.82 Å². The molecule has 1 aliphatic heterocycles. The van der Waals surface area contributed by atoms with Gasteiger partial charge in [0.2, 0.25) is 11.7 Å². The molecule has 106 valence electrons. The summed E-state index contributed by atoms with van der Waals surface area (Å²) in [6, 6.07) is 4.96. The van der Waals surface area contributed by atoms with Gasteiger partial charge in [0.25, 0.3) is 0 Å². The standard InChI is InChI=1S/C14H17FN4O/c1-10-2-3-11(8-12(10)15)14-17-13(20-18-14)9-19-6-4-16-5-7-19/h2-3,8,16H,4-7,9H2,1H3. The fourth-order valence-corrected chi connectivity index (χ4v) is 2.23. The molecule has 1 N–H and O–H groups in total. The Bertz CT molecular complexity index is 593. The number of hydrogen-bond acceptors (Lipinski definition) is 5. The quantitative estimate of drug-likeness (QED) is 0.922. The molecule has 1 aromatic carbocycles. The Kier molecular flexibility index (Phi) is 3.75. The van der Waals surface area contributed by atoms with Crippen LogP contribution in [-0.2, 0) is 6.54 Å². The molecule has 0 spiro atoms. The molecule has 3 rings (SSSR count). The number of nitrogens with one attached hydrogen (secondary N) is 1. The molecular weight excluding hydrogens is 259 g/mol. The largest absolute Gasteiger partial charge is 0.338 e. The van der Waals surface area contributed by atoms with Crippen LogP contribution in [0.2, 0.25) is 0 Å². The fourth-order valence-electron chi connectivity index (χ4n) is 2.23. The van der Waals surface area contributed by atoms with E-state index in [4.69, 9.17) is 4.52 Å². The van der Waals surface area contributed by atoms with Crippen LogP contribution in [0.25, 0.3) is 11.4 Å². The Balaban J connectivity index is 1.73. The first-order valence-corrected chi connectivity index (χ1v) is 6.74. The number of halogens is 1. The Morgan fingerprint density at radius 2 is 2.15 bits per heavy atom. The number of nitrogens with zero attached hydrogens (tertiary/aromatic N) is 3. The molecule has 0 unspecified atom stereocenters. The van der Waals surface area contributed by atoms with E-state index in [1.165, 1.54) is 6.07 Å². The molecule has 0 saturated carbocycles. The predicted molar refractivity (Wildman–Crippen MR) is 72.6 cm³/mol. The molecule has 0 aliphatic carbocycles. The van der Waals surface area contributed by atoms with Crippen LogP contribution in [0.1, 0.15) is 11.5 Å². The van der Waals surface area contributed by atoms with Gasteiger partial charge in [0.05, 0.1) is 6.54 Å². The number of rotatable bonds is 3. The molecule has 20 heavy (non-hydrogen) atoms. The van der Waals surface area contributed by atoms with E-state index in [1.54, 1.807) is 19.1 Å². The molecule has 2 heterocycles. The van der Waals surface area contributed by atoms with E-state index in [1.807, 2.05) is 0 Å². The topological polar surface area (TPSA) is 54.2 Å². The zero-order valence-electron chi connectivity index (χ0n) is 11.4. The fraction of sp³-hybridized carbons (Fsp3) is 0.429. The van der Waals surface area contributed by atoms with Crippen LogP contribution >= 0.6 is 0 Å². The monoisotopic (exact) mass is 276 g/mol. The van der Waals surface area contributed by atoms with Crippen molar-refractivity contribution in [3.05, 3.63) is 35.5 Å². The second-order valence-corrected chi connectivity index (χ2v) is 5.00. The van der Waals surface area contributed by atoms with E-state index in [2.05, 4.69) is 20.4 Å². The molecule has 0 radical (unpaired) electrons. The molecule has 0 bridgehead atoms. The SMILES string of the molecule is Cc1ccc(-c2noc(CN3CCNCC3)n2)cc1F. The lowest BCUT2D eigenvalue weighted by atomic mass is 10.1. The summed E-state index contributed by atoms with van der Waals surface area (Å²) >= 11 is 0. The van der Waals surface area contributed by atoms with Crippen LogP contribution in [0, 0.1) is 12.7 Å². The molecular formula is C14H17FN4O. The summed E-state index contributed by atoms with van der Waals surface area (Å²) in [5.74, 6) is 0.757. The summed E-state index contributed by atoms with van der Waals surface area (Å²) in [5.41, 5.74) is 1.25. The van der Waals surface area contributed by atoms with E-state index in [0.29, 0.717) is 29.4 Å². The Labute approximate surface area is 116 Å².